The summed E-state index contributed by atoms with van der Waals surface area (Å²) in [6, 6.07) is 0.713. The molecule has 4 heteroatoms. The molecule has 1 spiro atoms. The minimum Gasteiger partial charge on any atom is -0.449 e. The van der Waals surface area contributed by atoms with Gasteiger partial charge >= 0.3 is 5.97 Å². The monoisotopic (exact) mass is 247 g/mol. The number of fused-ring (bicyclic) bond motifs is 3. The van der Waals surface area contributed by atoms with Crippen molar-refractivity contribution in [1.82, 2.24) is 4.90 Å². The Labute approximate surface area is 106 Å². The molecule has 1 aliphatic carbocycles. The second kappa shape index (κ2) is 3.45. The van der Waals surface area contributed by atoms with Gasteiger partial charge < -0.3 is 9.47 Å². The zero-order valence-corrected chi connectivity index (χ0v) is 10.5. The van der Waals surface area contributed by atoms with Gasteiger partial charge in [-0.15, -0.1) is 0 Å². The molecule has 4 aliphatic rings. The van der Waals surface area contributed by atoms with Gasteiger partial charge in [0.25, 0.3) is 0 Å². The number of esters is 1. The summed E-state index contributed by atoms with van der Waals surface area (Å²) in [5.74, 6) is -0.184. The van der Waals surface area contributed by atoms with Crippen molar-refractivity contribution in [2.24, 2.45) is 0 Å². The van der Waals surface area contributed by atoms with Crippen LogP contribution in [0.2, 0.25) is 0 Å². The molecule has 4 atom stereocenters. The second-order valence-corrected chi connectivity index (χ2v) is 5.68. The van der Waals surface area contributed by atoms with Gasteiger partial charge in [0.05, 0.1) is 12.1 Å². The molecule has 4 rings (SSSR count). The summed E-state index contributed by atoms with van der Waals surface area (Å²) < 4.78 is 11.2. The number of methoxy groups -OCH3 is 1. The molecule has 2 saturated heterocycles. The molecule has 18 heavy (non-hydrogen) atoms. The molecular formula is C14H17NO3. The van der Waals surface area contributed by atoms with Crippen LogP contribution in [-0.2, 0) is 14.3 Å². The molecule has 0 radical (unpaired) electrons. The van der Waals surface area contributed by atoms with E-state index in [1.165, 1.54) is 0 Å². The smallest absolute Gasteiger partial charge is 0.332 e. The van der Waals surface area contributed by atoms with Crippen LogP contribution in [0, 0.1) is 0 Å². The fourth-order valence-corrected chi connectivity index (χ4v) is 4.10. The molecule has 96 valence electrons. The summed E-state index contributed by atoms with van der Waals surface area (Å²) in [6.07, 6.45) is 9.20. The number of ether oxygens (including phenoxy) is 2. The van der Waals surface area contributed by atoms with Gasteiger partial charge in [-0.2, -0.15) is 0 Å². The molecule has 0 N–H and O–H groups in total. The van der Waals surface area contributed by atoms with Gasteiger partial charge in [-0.1, -0.05) is 12.2 Å². The summed E-state index contributed by atoms with van der Waals surface area (Å²) in [6.45, 7) is 1.03. The molecule has 3 aliphatic heterocycles. The quantitative estimate of drug-likeness (QED) is 0.649. The minimum atomic E-state index is -0.381. The van der Waals surface area contributed by atoms with Crippen molar-refractivity contribution in [1.29, 1.82) is 0 Å². The van der Waals surface area contributed by atoms with Gasteiger partial charge in [-0.3, -0.25) is 4.90 Å². The highest BCUT2D eigenvalue weighted by Gasteiger charge is 2.60. The van der Waals surface area contributed by atoms with Crippen molar-refractivity contribution in [3.63, 3.8) is 0 Å². The summed E-state index contributed by atoms with van der Waals surface area (Å²) in [7, 11) is 1.77. The van der Waals surface area contributed by atoms with E-state index in [0.29, 0.717) is 12.1 Å². The fourth-order valence-electron chi connectivity index (χ4n) is 4.10. The zero-order chi connectivity index (χ0) is 12.3. The normalized spacial score (nSPS) is 45.5. The first-order valence-corrected chi connectivity index (χ1v) is 6.65. The largest absolute Gasteiger partial charge is 0.449 e. The summed E-state index contributed by atoms with van der Waals surface area (Å²) in [4.78, 5) is 14.1. The van der Waals surface area contributed by atoms with E-state index >= 15 is 0 Å². The van der Waals surface area contributed by atoms with Crippen LogP contribution in [0.5, 0.6) is 0 Å². The van der Waals surface area contributed by atoms with Crippen LogP contribution in [0.25, 0.3) is 0 Å². The number of carbonyl (C=O) groups is 1. The lowest BCUT2D eigenvalue weighted by Crippen LogP contribution is -2.51. The third kappa shape index (κ3) is 1.20. The van der Waals surface area contributed by atoms with E-state index in [2.05, 4.69) is 17.1 Å². The predicted molar refractivity (Wildman–Crippen MR) is 65.0 cm³/mol. The Morgan fingerprint density at radius 1 is 1.56 bits per heavy atom. The Morgan fingerprint density at radius 3 is 3.28 bits per heavy atom. The number of hydrogen-bond donors (Lipinski definition) is 0. The van der Waals surface area contributed by atoms with Crippen LogP contribution < -0.4 is 0 Å². The van der Waals surface area contributed by atoms with Gasteiger partial charge in [0, 0.05) is 37.8 Å². The van der Waals surface area contributed by atoms with E-state index in [1.807, 2.05) is 0 Å². The molecule has 0 aromatic carbocycles. The number of rotatable bonds is 1. The molecular weight excluding hydrogens is 230 g/mol. The maximum absolute atomic E-state index is 11.6. The van der Waals surface area contributed by atoms with E-state index in [4.69, 9.17) is 9.47 Å². The highest BCUT2D eigenvalue weighted by Crippen LogP contribution is 2.51. The van der Waals surface area contributed by atoms with E-state index < -0.39 is 0 Å². The molecule has 2 fully saturated rings. The van der Waals surface area contributed by atoms with Crippen LogP contribution in [-0.4, -0.2) is 48.3 Å². The van der Waals surface area contributed by atoms with Crippen LogP contribution in [0.15, 0.2) is 23.8 Å². The average molecular weight is 247 g/mol. The zero-order valence-electron chi connectivity index (χ0n) is 10.5. The van der Waals surface area contributed by atoms with Gasteiger partial charge in [-0.05, 0) is 12.8 Å². The van der Waals surface area contributed by atoms with Crippen molar-refractivity contribution >= 4 is 5.97 Å². The lowest BCUT2D eigenvalue weighted by Gasteiger charge is -2.40. The number of nitrogens with zero attached hydrogens (tertiary/aromatic N) is 1. The van der Waals surface area contributed by atoms with Crippen molar-refractivity contribution < 1.29 is 14.3 Å². The number of carbonyl (C=O) groups excluding carboxylic acids is 1. The van der Waals surface area contributed by atoms with Gasteiger partial charge in [0.1, 0.15) is 0 Å². The van der Waals surface area contributed by atoms with Crippen molar-refractivity contribution in [3.8, 4) is 0 Å². The van der Waals surface area contributed by atoms with Gasteiger partial charge in [0.2, 0.25) is 0 Å². The highest BCUT2D eigenvalue weighted by molar-refractivity contribution is 5.88. The number of hydrogen-bond acceptors (Lipinski definition) is 4. The SMILES string of the molecule is COC1CCN2C(C1)C13C[C@H]2C=CC1=CC(=O)O3. The molecule has 2 bridgehead atoms. The predicted octanol–water partition coefficient (Wildman–Crippen LogP) is 1.03. The summed E-state index contributed by atoms with van der Waals surface area (Å²) >= 11 is 0. The molecule has 3 heterocycles. The van der Waals surface area contributed by atoms with Crippen LogP contribution in [0.3, 0.4) is 0 Å². The Hall–Kier alpha value is -1.13. The molecule has 0 amide bonds. The summed E-state index contributed by atoms with van der Waals surface area (Å²) in [5.41, 5.74) is 0.682. The molecule has 3 unspecified atom stereocenters. The van der Waals surface area contributed by atoms with Crippen molar-refractivity contribution in [2.45, 2.75) is 43.1 Å². The lowest BCUT2D eigenvalue weighted by molar-refractivity contribution is -0.149. The Morgan fingerprint density at radius 2 is 2.44 bits per heavy atom. The molecule has 0 aromatic rings. The first-order valence-electron chi connectivity index (χ1n) is 6.65. The Bertz CT molecular complexity index is 470. The molecule has 0 saturated carbocycles. The third-order valence-electron chi connectivity index (χ3n) is 4.95. The first-order chi connectivity index (χ1) is 8.73. The average Bonchev–Trinajstić information content (AvgIpc) is 2.85. The van der Waals surface area contributed by atoms with E-state index in [9.17, 15) is 4.79 Å². The number of piperidine rings is 1. The highest BCUT2D eigenvalue weighted by atomic mass is 16.6. The minimum absolute atomic E-state index is 0.184. The van der Waals surface area contributed by atoms with Crippen LogP contribution >= 0.6 is 0 Å². The first kappa shape index (κ1) is 10.8. The third-order valence-corrected chi connectivity index (χ3v) is 4.95. The Balaban J connectivity index is 1.75. The van der Waals surface area contributed by atoms with Gasteiger partial charge in [-0.25, -0.2) is 4.79 Å². The van der Waals surface area contributed by atoms with E-state index in [1.54, 1.807) is 13.2 Å². The topological polar surface area (TPSA) is 38.8 Å². The van der Waals surface area contributed by atoms with Crippen molar-refractivity contribution in [2.75, 3.05) is 13.7 Å². The second-order valence-electron chi connectivity index (χ2n) is 5.68. The molecule has 0 aromatic heterocycles. The maximum Gasteiger partial charge on any atom is 0.332 e. The lowest BCUT2D eigenvalue weighted by atomic mass is 9.80. The van der Waals surface area contributed by atoms with Crippen LogP contribution in [0.1, 0.15) is 19.3 Å². The fraction of sp³-hybridized carbons (Fsp3) is 0.643. The van der Waals surface area contributed by atoms with Crippen LogP contribution in [0.4, 0.5) is 0 Å². The maximum atomic E-state index is 11.6. The van der Waals surface area contributed by atoms with Gasteiger partial charge in [0.15, 0.2) is 5.60 Å². The Kier molecular flexibility index (Phi) is 2.07. The van der Waals surface area contributed by atoms with E-state index in [-0.39, 0.29) is 17.6 Å². The summed E-state index contributed by atoms with van der Waals surface area (Å²) in [5, 5.41) is 0. The molecule has 4 nitrogen and oxygen atoms in total. The van der Waals surface area contributed by atoms with E-state index in [0.717, 1.165) is 31.4 Å². The van der Waals surface area contributed by atoms with Crippen molar-refractivity contribution in [3.05, 3.63) is 23.8 Å². The standard InChI is InChI=1S/C14H17NO3/c1-17-11-4-5-15-10-3-2-9-6-13(16)18-14(9,8-10)12(15)7-11/h2-3,6,10-12H,4-5,7-8H2,1H3/t10-,11?,12?,14?/m1/s1.